The number of quaternary nitrogens is 1. The van der Waals surface area contributed by atoms with Crippen molar-refractivity contribution >= 4 is 15.9 Å². The van der Waals surface area contributed by atoms with Crippen molar-refractivity contribution in [3.63, 3.8) is 0 Å². The highest BCUT2D eigenvalue weighted by molar-refractivity contribution is 7.89. The van der Waals surface area contributed by atoms with Crippen LogP contribution in [0.1, 0.15) is 27.8 Å². The van der Waals surface area contributed by atoms with Crippen LogP contribution in [0.5, 0.6) is 11.5 Å². The summed E-state index contributed by atoms with van der Waals surface area (Å²) in [5.41, 5.74) is 4.55. The highest BCUT2D eigenvalue weighted by atomic mass is 32.2. The lowest BCUT2D eigenvalue weighted by Gasteiger charge is -2.32. The van der Waals surface area contributed by atoms with Gasteiger partial charge in [0.05, 0.1) is 31.1 Å². The number of hydrogen-bond acceptors (Lipinski definition) is 5. The first-order valence-corrected chi connectivity index (χ1v) is 12.7. The first-order chi connectivity index (χ1) is 15.7. The van der Waals surface area contributed by atoms with Gasteiger partial charge in [-0.15, -0.1) is 0 Å². The molecule has 2 aromatic rings. The van der Waals surface area contributed by atoms with Crippen molar-refractivity contribution in [1.29, 1.82) is 0 Å². The van der Waals surface area contributed by atoms with Crippen LogP contribution >= 0.6 is 0 Å². The molecule has 178 valence electrons. The van der Waals surface area contributed by atoms with E-state index in [0.717, 1.165) is 32.7 Å². The Bertz CT molecular complexity index is 1140. The van der Waals surface area contributed by atoms with Crippen molar-refractivity contribution in [1.82, 2.24) is 9.62 Å². The quantitative estimate of drug-likeness (QED) is 0.648. The van der Waals surface area contributed by atoms with Gasteiger partial charge in [0.2, 0.25) is 16.8 Å². The molecule has 2 aliphatic heterocycles. The fraction of sp³-hybridized carbons (Fsp3) is 0.458. The monoisotopic (exact) mass is 474 g/mol. The number of nitrogens with one attached hydrogen (secondary N) is 2. The molecule has 4 rings (SSSR count). The number of benzene rings is 2. The van der Waals surface area contributed by atoms with Crippen LogP contribution < -0.4 is 19.7 Å². The van der Waals surface area contributed by atoms with E-state index in [0.29, 0.717) is 55.7 Å². The van der Waals surface area contributed by atoms with Crippen LogP contribution in [0, 0.1) is 27.7 Å². The van der Waals surface area contributed by atoms with Crippen LogP contribution in [0.25, 0.3) is 0 Å². The predicted octanol–water partition coefficient (Wildman–Crippen LogP) is 0.855. The maximum atomic E-state index is 13.4. The average molecular weight is 475 g/mol. The van der Waals surface area contributed by atoms with E-state index in [1.54, 1.807) is 4.31 Å². The molecule has 0 radical (unpaired) electrons. The van der Waals surface area contributed by atoms with Gasteiger partial charge in [-0.1, -0.05) is 12.1 Å². The zero-order valence-electron chi connectivity index (χ0n) is 19.7. The number of carbonyl (C=O) groups excluding carboxylic acids is 1. The van der Waals surface area contributed by atoms with Crippen LogP contribution in [0.4, 0.5) is 0 Å². The maximum absolute atomic E-state index is 13.4. The molecule has 33 heavy (non-hydrogen) atoms. The molecule has 1 saturated heterocycles. The van der Waals surface area contributed by atoms with Gasteiger partial charge in [0.15, 0.2) is 18.0 Å². The lowest BCUT2D eigenvalue weighted by atomic mass is 10.0. The molecular weight excluding hydrogens is 442 g/mol. The SMILES string of the molecule is Cc1cc(C)c(C)c(S(=O)(=O)N2CC[NH+](CC(=O)NCc3ccc4c(c3)OCO4)CC2)c1C. The van der Waals surface area contributed by atoms with Crippen molar-refractivity contribution < 1.29 is 27.6 Å². The fourth-order valence-corrected chi connectivity index (χ4v) is 6.47. The summed E-state index contributed by atoms with van der Waals surface area (Å²) in [5.74, 6) is 1.35. The summed E-state index contributed by atoms with van der Waals surface area (Å²) in [6, 6.07) is 7.65. The van der Waals surface area contributed by atoms with Crippen LogP contribution in [0.3, 0.4) is 0 Å². The summed E-state index contributed by atoms with van der Waals surface area (Å²) in [4.78, 5) is 14.0. The number of sulfonamides is 1. The molecule has 0 saturated carbocycles. The van der Waals surface area contributed by atoms with Crippen molar-refractivity contribution in [2.75, 3.05) is 39.5 Å². The second-order valence-corrected chi connectivity index (χ2v) is 10.8. The summed E-state index contributed by atoms with van der Waals surface area (Å²) in [5, 5.41) is 2.94. The number of rotatable bonds is 6. The molecule has 0 atom stereocenters. The van der Waals surface area contributed by atoms with Crippen LogP contribution in [-0.2, 0) is 21.4 Å². The average Bonchev–Trinajstić information content (AvgIpc) is 3.25. The highest BCUT2D eigenvalue weighted by Crippen LogP contribution is 2.32. The van der Waals surface area contributed by atoms with E-state index >= 15 is 0 Å². The molecule has 0 unspecified atom stereocenters. The Morgan fingerprint density at radius 1 is 1.00 bits per heavy atom. The Morgan fingerprint density at radius 2 is 1.64 bits per heavy atom. The molecule has 0 aromatic heterocycles. The Morgan fingerprint density at radius 3 is 2.30 bits per heavy atom. The van der Waals surface area contributed by atoms with E-state index in [9.17, 15) is 13.2 Å². The van der Waals surface area contributed by atoms with Gasteiger partial charge >= 0.3 is 0 Å². The molecule has 1 amide bonds. The van der Waals surface area contributed by atoms with Gasteiger partial charge in [0, 0.05) is 6.54 Å². The van der Waals surface area contributed by atoms with Crippen molar-refractivity contribution in [2.45, 2.75) is 39.1 Å². The number of carbonyl (C=O) groups is 1. The molecule has 2 heterocycles. The van der Waals surface area contributed by atoms with E-state index < -0.39 is 10.0 Å². The normalized spacial score (nSPS) is 16.7. The zero-order chi connectivity index (χ0) is 23.8. The highest BCUT2D eigenvalue weighted by Gasteiger charge is 2.33. The van der Waals surface area contributed by atoms with E-state index in [4.69, 9.17) is 9.47 Å². The van der Waals surface area contributed by atoms with Crippen LogP contribution in [0.15, 0.2) is 29.2 Å². The third kappa shape index (κ3) is 4.85. The summed E-state index contributed by atoms with van der Waals surface area (Å²) in [6.45, 7) is 10.6. The van der Waals surface area contributed by atoms with Gasteiger partial charge < -0.3 is 19.7 Å². The number of aryl methyl sites for hydroxylation is 2. The molecular formula is C24H32N3O5S+. The minimum atomic E-state index is -3.57. The standard InChI is InChI=1S/C24H31N3O5S/c1-16-11-17(2)19(4)24(18(16)3)33(29,30)27-9-7-26(8-10-27)14-23(28)25-13-20-5-6-21-22(12-20)32-15-31-21/h5-6,11-12H,7-10,13-15H2,1-4H3,(H,25,28)/p+1. The second-order valence-electron chi connectivity index (χ2n) is 8.88. The van der Waals surface area contributed by atoms with Gasteiger partial charge in [-0.25, -0.2) is 8.42 Å². The Labute approximate surface area is 195 Å². The number of hydrogen-bond donors (Lipinski definition) is 2. The first-order valence-electron chi connectivity index (χ1n) is 11.2. The summed E-state index contributed by atoms with van der Waals surface area (Å²) < 4.78 is 39.1. The first kappa shape index (κ1) is 23.5. The Balaban J connectivity index is 1.32. The van der Waals surface area contributed by atoms with Crippen molar-refractivity contribution in [3.8, 4) is 11.5 Å². The summed E-state index contributed by atoms with van der Waals surface area (Å²) in [7, 11) is -3.57. The fourth-order valence-electron chi connectivity index (χ4n) is 4.46. The maximum Gasteiger partial charge on any atom is 0.275 e. The van der Waals surface area contributed by atoms with Gasteiger partial charge in [0.1, 0.15) is 0 Å². The van der Waals surface area contributed by atoms with E-state index in [1.165, 1.54) is 0 Å². The van der Waals surface area contributed by atoms with Crippen LogP contribution in [-0.4, -0.2) is 58.1 Å². The van der Waals surface area contributed by atoms with Gasteiger partial charge in [-0.2, -0.15) is 4.31 Å². The molecule has 1 fully saturated rings. The minimum Gasteiger partial charge on any atom is -0.454 e. The largest absolute Gasteiger partial charge is 0.454 e. The molecule has 8 nitrogen and oxygen atoms in total. The summed E-state index contributed by atoms with van der Waals surface area (Å²) in [6.07, 6.45) is 0. The molecule has 0 bridgehead atoms. The Hall–Kier alpha value is -2.62. The van der Waals surface area contributed by atoms with E-state index in [-0.39, 0.29) is 12.7 Å². The second kappa shape index (κ2) is 9.32. The van der Waals surface area contributed by atoms with Gasteiger partial charge in [-0.05, 0) is 67.6 Å². The number of nitrogens with zero attached hydrogens (tertiary/aromatic N) is 1. The third-order valence-corrected chi connectivity index (χ3v) is 8.84. The molecule has 2 N–H and O–H groups in total. The number of ether oxygens (including phenoxy) is 2. The lowest BCUT2D eigenvalue weighted by Crippen LogP contribution is -3.15. The van der Waals surface area contributed by atoms with Gasteiger partial charge in [0.25, 0.3) is 5.91 Å². The lowest BCUT2D eigenvalue weighted by molar-refractivity contribution is -0.895. The number of amides is 1. The molecule has 0 spiro atoms. The number of piperazine rings is 1. The Kier molecular flexibility index (Phi) is 6.65. The predicted molar refractivity (Wildman–Crippen MR) is 124 cm³/mol. The molecule has 9 heteroatoms. The topological polar surface area (TPSA) is 89.4 Å². The molecule has 2 aliphatic rings. The van der Waals surface area contributed by atoms with Gasteiger partial charge in [-0.3, -0.25) is 4.79 Å². The summed E-state index contributed by atoms with van der Waals surface area (Å²) >= 11 is 0. The molecule has 0 aliphatic carbocycles. The third-order valence-electron chi connectivity index (χ3n) is 6.66. The van der Waals surface area contributed by atoms with Crippen LogP contribution in [0.2, 0.25) is 0 Å². The zero-order valence-corrected chi connectivity index (χ0v) is 20.5. The number of fused-ring (bicyclic) bond motifs is 1. The smallest absolute Gasteiger partial charge is 0.275 e. The minimum absolute atomic E-state index is 0.0556. The van der Waals surface area contributed by atoms with Crippen molar-refractivity contribution in [2.24, 2.45) is 0 Å². The van der Waals surface area contributed by atoms with E-state index in [2.05, 4.69) is 5.32 Å². The molecule has 2 aromatic carbocycles. The van der Waals surface area contributed by atoms with E-state index in [1.807, 2.05) is 52.0 Å². The van der Waals surface area contributed by atoms with Crippen molar-refractivity contribution in [3.05, 3.63) is 52.1 Å².